The van der Waals surface area contributed by atoms with Crippen LogP contribution in [0.3, 0.4) is 0 Å². The van der Waals surface area contributed by atoms with E-state index in [2.05, 4.69) is 4.98 Å². The number of benzene rings is 1. The second kappa shape index (κ2) is 7.16. The van der Waals surface area contributed by atoms with Gasteiger partial charge in [0.2, 0.25) is 11.7 Å². The number of aromatic nitrogens is 1. The number of hydrogen-bond acceptors (Lipinski definition) is 4. The van der Waals surface area contributed by atoms with Gasteiger partial charge in [-0.15, -0.1) is 0 Å². The van der Waals surface area contributed by atoms with Crippen LogP contribution in [0.5, 0.6) is 11.6 Å². The van der Waals surface area contributed by atoms with Gasteiger partial charge in [-0.2, -0.15) is 4.39 Å². The third-order valence-corrected chi connectivity index (χ3v) is 3.23. The van der Waals surface area contributed by atoms with Crippen molar-refractivity contribution in [1.82, 2.24) is 4.98 Å². The SMILES string of the molecule is NC(C(=O)C(Cl)Cl)c1cccc(Oc2ccc(F)c(F)c2F)n1. The number of carbonyl (C=O) groups is 1. The Morgan fingerprint density at radius 3 is 2.48 bits per heavy atom. The van der Waals surface area contributed by atoms with Gasteiger partial charge < -0.3 is 10.5 Å². The first-order chi connectivity index (χ1) is 10.8. The average Bonchev–Trinajstić information content (AvgIpc) is 2.54. The molecule has 1 unspecified atom stereocenters. The average molecular weight is 365 g/mol. The van der Waals surface area contributed by atoms with E-state index >= 15 is 0 Å². The fourth-order valence-corrected chi connectivity index (χ4v) is 1.91. The van der Waals surface area contributed by atoms with Crippen LogP contribution in [0.1, 0.15) is 11.7 Å². The van der Waals surface area contributed by atoms with E-state index in [0.717, 1.165) is 6.07 Å². The molecule has 1 aromatic carbocycles. The molecule has 9 heteroatoms. The lowest BCUT2D eigenvalue weighted by Gasteiger charge is -2.12. The number of pyridine rings is 1. The van der Waals surface area contributed by atoms with Crippen LogP contribution in [-0.4, -0.2) is 15.6 Å². The molecule has 122 valence electrons. The van der Waals surface area contributed by atoms with Crippen LogP contribution >= 0.6 is 23.2 Å². The largest absolute Gasteiger partial charge is 0.436 e. The molecule has 0 saturated carbocycles. The maximum absolute atomic E-state index is 13.6. The third kappa shape index (κ3) is 3.93. The fourth-order valence-electron chi connectivity index (χ4n) is 1.64. The van der Waals surface area contributed by atoms with E-state index < -0.39 is 39.9 Å². The molecule has 1 atom stereocenters. The van der Waals surface area contributed by atoms with E-state index in [4.69, 9.17) is 33.7 Å². The van der Waals surface area contributed by atoms with Crippen molar-refractivity contribution in [3.63, 3.8) is 0 Å². The molecule has 1 heterocycles. The molecule has 0 aliphatic heterocycles. The molecule has 0 amide bonds. The second-order valence-corrected chi connectivity index (χ2v) is 5.45. The van der Waals surface area contributed by atoms with Crippen LogP contribution in [0.2, 0.25) is 0 Å². The second-order valence-electron chi connectivity index (χ2n) is 4.36. The summed E-state index contributed by atoms with van der Waals surface area (Å²) in [6.07, 6.45) is 0. The Hall–Kier alpha value is -1.83. The lowest BCUT2D eigenvalue weighted by atomic mass is 10.1. The monoisotopic (exact) mass is 364 g/mol. The lowest BCUT2D eigenvalue weighted by Crippen LogP contribution is -2.26. The van der Waals surface area contributed by atoms with Crippen LogP contribution in [0.15, 0.2) is 30.3 Å². The van der Waals surface area contributed by atoms with Gasteiger partial charge in [0.05, 0.1) is 5.69 Å². The maximum Gasteiger partial charge on any atom is 0.219 e. The minimum atomic E-state index is -1.67. The summed E-state index contributed by atoms with van der Waals surface area (Å²) in [4.78, 5) is 14.2. The molecule has 0 aliphatic rings. The number of rotatable bonds is 5. The van der Waals surface area contributed by atoms with Crippen molar-refractivity contribution in [3.05, 3.63) is 53.5 Å². The summed E-state index contributed by atoms with van der Waals surface area (Å²) in [5, 5.41) is 0. The summed E-state index contributed by atoms with van der Waals surface area (Å²) < 4.78 is 44.6. The Bertz CT molecular complexity index is 744. The van der Waals surface area contributed by atoms with Crippen molar-refractivity contribution in [2.75, 3.05) is 0 Å². The van der Waals surface area contributed by atoms with Crippen LogP contribution in [-0.2, 0) is 4.79 Å². The summed E-state index contributed by atoms with van der Waals surface area (Å²) in [7, 11) is 0. The van der Waals surface area contributed by atoms with Gasteiger partial charge in [0, 0.05) is 6.07 Å². The Kier molecular flexibility index (Phi) is 5.46. The molecule has 23 heavy (non-hydrogen) atoms. The van der Waals surface area contributed by atoms with Gasteiger partial charge in [-0.1, -0.05) is 29.3 Å². The fraction of sp³-hybridized carbons (Fsp3) is 0.143. The molecule has 0 saturated heterocycles. The van der Waals surface area contributed by atoms with Gasteiger partial charge in [-0.25, -0.2) is 13.8 Å². The molecule has 1 aromatic heterocycles. The molecule has 0 fully saturated rings. The Labute approximate surface area is 139 Å². The minimum Gasteiger partial charge on any atom is -0.436 e. The topological polar surface area (TPSA) is 65.2 Å². The summed E-state index contributed by atoms with van der Waals surface area (Å²) in [6.45, 7) is 0. The number of hydrogen-bond donors (Lipinski definition) is 1. The number of nitrogens with two attached hydrogens (primary N) is 1. The number of alkyl halides is 2. The van der Waals surface area contributed by atoms with Crippen molar-refractivity contribution in [1.29, 1.82) is 0 Å². The highest BCUT2D eigenvalue weighted by Gasteiger charge is 2.23. The Morgan fingerprint density at radius 2 is 1.83 bits per heavy atom. The number of halogens is 5. The molecule has 2 N–H and O–H groups in total. The van der Waals surface area contributed by atoms with E-state index in [0.29, 0.717) is 6.07 Å². The number of Topliss-reactive ketones (excluding diaryl/α,β-unsaturated/α-hetero) is 1. The predicted molar refractivity (Wildman–Crippen MR) is 78.1 cm³/mol. The van der Waals surface area contributed by atoms with Crippen LogP contribution in [0.4, 0.5) is 13.2 Å². The first-order valence-electron chi connectivity index (χ1n) is 6.17. The number of nitrogens with zero attached hydrogens (tertiary/aromatic N) is 1. The summed E-state index contributed by atoms with van der Waals surface area (Å²) in [6, 6.07) is 4.56. The molecule has 4 nitrogen and oxygen atoms in total. The zero-order chi connectivity index (χ0) is 17.1. The molecule has 0 radical (unpaired) electrons. The number of ether oxygens (including phenoxy) is 1. The van der Waals surface area contributed by atoms with Gasteiger partial charge in [0.1, 0.15) is 6.04 Å². The van der Waals surface area contributed by atoms with E-state index in [9.17, 15) is 18.0 Å². The highest BCUT2D eigenvalue weighted by molar-refractivity contribution is 6.54. The van der Waals surface area contributed by atoms with E-state index in [1.807, 2.05) is 0 Å². The molecular formula is C14H9Cl2F3N2O2. The van der Waals surface area contributed by atoms with Crippen LogP contribution < -0.4 is 10.5 Å². The molecule has 0 bridgehead atoms. The van der Waals surface area contributed by atoms with Gasteiger partial charge in [-0.3, -0.25) is 4.79 Å². The van der Waals surface area contributed by atoms with E-state index in [1.54, 1.807) is 0 Å². The van der Waals surface area contributed by atoms with Crippen LogP contribution in [0, 0.1) is 17.5 Å². The Balaban J connectivity index is 2.27. The first-order valence-corrected chi connectivity index (χ1v) is 7.04. The summed E-state index contributed by atoms with van der Waals surface area (Å²) in [5.74, 6) is -5.94. The minimum absolute atomic E-state index is 0.0711. The third-order valence-electron chi connectivity index (χ3n) is 2.80. The Morgan fingerprint density at radius 1 is 1.13 bits per heavy atom. The van der Waals surface area contributed by atoms with Crippen molar-refractivity contribution in [3.8, 4) is 11.6 Å². The predicted octanol–water partition coefficient (Wildman–Crippen LogP) is 3.66. The quantitative estimate of drug-likeness (QED) is 0.649. The molecule has 2 rings (SSSR count). The standard InChI is InChI=1S/C14H9Cl2F3N2O2/c15-14(16)13(22)12(20)7-2-1-3-9(21-7)23-8-5-4-6(17)10(18)11(8)19/h1-5,12,14H,20H2. The molecule has 2 aromatic rings. The van der Waals surface area contributed by atoms with Gasteiger partial charge in [0.15, 0.2) is 28.0 Å². The van der Waals surface area contributed by atoms with Gasteiger partial charge in [0.25, 0.3) is 0 Å². The van der Waals surface area contributed by atoms with Crippen LogP contribution in [0.25, 0.3) is 0 Å². The van der Waals surface area contributed by atoms with E-state index in [-0.39, 0.29) is 11.6 Å². The zero-order valence-corrected chi connectivity index (χ0v) is 12.8. The molecule has 0 aliphatic carbocycles. The first kappa shape index (κ1) is 17.5. The van der Waals surface area contributed by atoms with E-state index in [1.165, 1.54) is 18.2 Å². The summed E-state index contributed by atoms with van der Waals surface area (Å²) in [5.41, 5.74) is 5.73. The maximum atomic E-state index is 13.6. The van der Waals surface area contributed by atoms with Crippen molar-refractivity contribution in [2.24, 2.45) is 5.73 Å². The van der Waals surface area contributed by atoms with Gasteiger partial charge in [-0.05, 0) is 18.2 Å². The van der Waals surface area contributed by atoms with Crippen molar-refractivity contribution >= 4 is 29.0 Å². The number of ketones is 1. The molecule has 0 spiro atoms. The zero-order valence-electron chi connectivity index (χ0n) is 11.3. The smallest absolute Gasteiger partial charge is 0.219 e. The van der Waals surface area contributed by atoms with Crippen molar-refractivity contribution < 1.29 is 22.7 Å². The summed E-state index contributed by atoms with van der Waals surface area (Å²) >= 11 is 10.9. The normalized spacial score (nSPS) is 12.3. The van der Waals surface area contributed by atoms with Gasteiger partial charge >= 0.3 is 0 Å². The molecular weight excluding hydrogens is 356 g/mol. The van der Waals surface area contributed by atoms with Crippen molar-refractivity contribution in [2.45, 2.75) is 10.9 Å². The number of carbonyl (C=O) groups excluding carboxylic acids is 1. The lowest BCUT2D eigenvalue weighted by molar-refractivity contribution is -0.118. The highest BCUT2D eigenvalue weighted by Crippen LogP contribution is 2.27. The highest BCUT2D eigenvalue weighted by atomic mass is 35.5.